The number of methoxy groups -OCH3 is 1. The Labute approximate surface area is 125 Å². The maximum atomic E-state index is 10.9. The van der Waals surface area contributed by atoms with E-state index in [0.717, 1.165) is 25.3 Å². The Kier molecular flexibility index (Phi) is 5.38. The van der Waals surface area contributed by atoms with E-state index < -0.39 is 4.92 Å². The quantitative estimate of drug-likeness (QED) is 0.645. The molecule has 1 unspecified atom stereocenters. The molecule has 0 radical (unpaired) electrons. The Balaban J connectivity index is 1.96. The van der Waals surface area contributed by atoms with Gasteiger partial charge in [0.05, 0.1) is 12.0 Å². The van der Waals surface area contributed by atoms with Crippen molar-refractivity contribution in [3.63, 3.8) is 0 Å². The van der Waals surface area contributed by atoms with Gasteiger partial charge in [0.15, 0.2) is 5.75 Å². The maximum Gasteiger partial charge on any atom is 0.311 e. The first-order chi connectivity index (χ1) is 10.1. The average Bonchev–Trinajstić information content (AvgIpc) is 2.47. The summed E-state index contributed by atoms with van der Waals surface area (Å²) in [6, 6.07) is 5.18. The molecule has 1 aromatic rings. The fraction of sp³-hybridized carbons (Fsp3) is 0.600. The van der Waals surface area contributed by atoms with E-state index in [0.29, 0.717) is 0 Å². The van der Waals surface area contributed by atoms with Gasteiger partial charge < -0.3 is 15.0 Å². The molecule has 1 heterocycles. The summed E-state index contributed by atoms with van der Waals surface area (Å²) in [6.45, 7) is 5.44. The van der Waals surface area contributed by atoms with E-state index in [1.165, 1.54) is 32.4 Å². The number of hydrogen-bond donors (Lipinski definition) is 1. The van der Waals surface area contributed by atoms with Crippen LogP contribution in [0.25, 0.3) is 0 Å². The Morgan fingerprint density at radius 3 is 2.71 bits per heavy atom. The summed E-state index contributed by atoms with van der Waals surface area (Å²) < 4.78 is 5.09. The topological polar surface area (TPSA) is 67.6 Å². The van der Waals surface area contributed by atoms with Crippen molar-refractivity contribution in [1.29, 1.82) is 0 Å². The van der Waals surface area contributed by atoms with E-state index in [9.17, 15) is 10.1 Å². The Hall–Kier alpha value is -1.82. The number of hydrogen-bond acceptors (Lipinski definition) is 5. The molecule has 1 aromatic carbocycles. The van der Waals surface area contributed by atoms with E-state index in [2.05, 4.69) is 17.1 Å². The summed E-state index contributed by atoms with van der Waals surface area (Å²) >= 11 is 0. The van der Waals surface area contributed by atoms with Gasteiger partial charge in [-0.2, -0.15) is 0 Å². The fourth-order valence-corrected chi connectivity index (χ4v) is 2.78. The molecule has 0 spiro atoms. The Morgan fingerprint density at radius 2 is 2.10 bits per heavy atom. The van der Waals surface area contributed by atoms with E-state index in [1.807, 2.05) is 0 Å². The number of ether oxygens (including phenoxy) is 1. The normalized spacial score (nSPS) is 17.2. The van der Waals surface area contributed by atoms with Crippen LogP contribution in [0.1, 0.15) is 26.2 Å². The fourth-order valence-electron chi connectivity index (χ4n) is 2.78. The van der Waals surface area contributed by atoms with Crippen LogP contribution in [0.4, 0.5) is 11.4 Å². The minimum Gasteiger partial charge on any atom is -0.490 e. The van der Waals surface area contributed by atoms with Crippen molar-refractivity contribution >= 4 is 11.4 Å². The van der Waals surface area contributed by atoms with Crippen LogP contribution in [0, 0.1) is 10.1 Å². The largest absolute Gasteiger partial charge is 0.490 e. The van der Waals surface area contributed by atoms with E-state index in [4.69, 9.17) is 4.74 Å². The number of nitrogens with one attached hydrogen (secondary N) is 1. The maximum absolute atomic E-state index is 10.9. The second-order valence-electron chi connectivity index (χ2n) is 5.55. The monoisotopic (exact) mass is 293 g/mol. The second-order valence-corrected chi connectivity index (χ2v) is 5.55. The van der Waals surface area contributed by atoms with Crippen molar-refractivity contribution in [3.05, 3.63) is 28.3 Å². The zero-order valence-electron chi connectivity index (χ0n) is 12.7. The molecule has 1 atom stereocenters. The van der Waals surface area contributed by atoms with Crippen LogP contribution in [0.2, 0.25) is 0 Å². The molecular weight excluding hydrogens is 270 g/mol. The molecule has 0 bridgehead atoms. The van der Waals surface area contributed by atoms with Crippen LogP contribution in [-0.2, 0) is 0 Å². The van der Waals surface area contributed by atoms with Gasteiger partial charge in [-0.05, 0) is 38.9 Å². The molecule has 1 N–H and O–H groups in total. The first-order valence-electron chi connectivity index (χ1n) is 7.41. The number of piperidine rings is 1. The summed E-state index contributed by atoms with van der Waals surface area (Å²) in [5.74, 6) is 0.287. The summed E-state index contributed by atoms with van der Waals surface area (Å²) in [4.78, 5) is 12.9. The molecule has 0 saturated carbocycles. The van der Waals surface area contributed by atoms with Gasteiger partial charge in [-0.3, -0.25) is 10.1 Å². The van der Waals surface area contributed by atoms with E-state index in [-0.39, 0.29) is 17.5 Å². The first kappa shape index (κ1) is 15.6. The molecule has 21 heavy (non-hydrogen) atoms. The zero-order chi connectivity index (χ0) is 15.2. The highest BCUT2D eigenvalue weighted by atomic mass is 16.6. The summed E-state index contributed by atoms with van der Waals surface area (Å²) in [5, 5.41) is 14.3. The minimum absolute atomic E-state index is 0.00765. The lowest BCUT2D eigenvalue weighted by atomic mass is 10.1. The number of nitrogens with zero attached hydrogens (tertiary/aromatic N) is 2. The number of benzene rings is 1. The highest BCUT2D eigenvalue weighted by Gasteiger charge is 2.17. The summed E-state index contributed by atoms with van der Waals surface area (Å²) in [5.41, 5.74) is 0.841. The van der Waals surface area contributed by atoms with Gasteiger partial charge in [-0.15, -0.1) is 0 Å². The Morgan fingerprint density at radius 1 is 1.38 bits per heavy atom. The van der Waals surface area contributed by atoms with Crippen molar-refractivity contribution in [3.8, 4) is 5.75 Å². The van der Waals surface area contributed by atoms with Gasteiger partial charge in [0, 0.05) is 30.4 Å². The molecule has 1 saturated heterocycles. The van der Waals surface area contributed by atoms with Crippen LogP contribution in [0.5, 0.6) is 5.75 Å². The molecular formula is C15H23N3O3. The number of rotatable bonds is 6. The third-order valence-electron chi connectivity index (χ3n) is 3.77. The SMILES string of the molecule is COc1cc(NC(C)CN2CCCCC2)ccc1[N+](=O)[O-]. The number of anilines is 1. The first-order valence-corrected chi connectivity index (χ1v) is 7.41. The predicted octanol–water partition coefficient (Wildman–Crippen LogP) is 2.89. The van der Waals surface area contributed by atoms with Crippen LogP contribution >= 0.6 is 0 Å². The molecule has 6 nitrogen and oxygen atoms in total. The van der Waals surface area contributed by atoms with Crippen LogP contribution in [-0.4, -0.2) is 42.6 Å². The molecule has 0 aromatic heterocycles. The molecule has 1 aliphatic rings. The second kappa shape index (κ2) is 7.26. The minimum atomic E-state index is -0.431. The average molecular weight is 293 g/mol. The number of likely N-dealkylation sites (tertiary alicyclic amines) is 1. The number of nitro groups is 1. The van der Waals surface area contributed by atoms with E-state index >= 15 is 0 Å². The van der Waals surface area contributed by atoms with Gasteiger partial charge in [0.1, 0.15) is 0 Å². The van der Waals surface area contributed by atoms with Crippen LogP contribution in [0.15, 0.2) is 18.2 Å². The predicted molar refractivity (Wildman–Crippen MR) is 83.0 cm³/mol. The van der Waals surface area contributed by atoms with Crippen molar-refractivity contribution in [2.24, 2.45) is 0 Å². The van der Waals surface area contributed by atoms with Crippen LogP contribution < -0.4 is 10.1 Å². The number of nitro benzene ring substituents is 1. The van der Waals surface area contributed by atoms with Gasteiger partial charge in [-0.25, -0.2) is 0 Å². The lowest BCUT2D eigenvalue weighted by Crippen LogP contribution is -2.38. The molecule has 6 heteroatoms. The molecule has 0 aliphatic carbocycles. The van der Waals surface area contributed by atoms with Gasteiger partial charge in [-0.1, -0.05) is 6.42 Å². The standard InChI is InChI=1S/C15H23N3O3/c1-12(11-17-8-4-3-5-9-17)16-13-6-7-14(18(19)20)15(10-13)21-2/h6-7,10,12,16H,3-5,8-9,11H2,1-2H3. The summed E-state index contributed by atoms with van der Waals surface area (Å²) in [6.07, 6.45) is 3.88. The van der Waals surface area contributed by atoms with Gasteiger partial charge >= 0.3 is 5.69 Å². The Bertz CT molecular complexity index is 487. The third kappa shape index (κ3) is 4.32. The van der Waals surface area contributed by atoms with Crippen molar-refractivity contribution in [2.75, 3.05) is 32.1 Å². The smallest absolute Gasteiger partial charge is 0.311 e. The lowest BCUT2D eigenvalue weighted by molar-refractivity contribution is -0.385. The van der Waals surface area contributed by atoms with Gasteiger partial charge in [0.2, 0.25) is 0 Å². The van der Waals surface area contributed by atoms with Crippen molar-refractivity contribution in [2.45, 2.75) is 32.2 Å². The lowest BCUT2D eigenvalue weighted by Gasteiger charge is -2.29. The molecule has 2 rings (SSSR count). The highest BCUT2D eigenvalue weighted by Crippen LogP contribution is 2.29. The molecule has 1 fully saturated rings. The highest BCUT2D eigenvalue weighted by molar-refractivity contribution is 5.58. The zero-order valence-corrected chi connectivity index (χ0v) is 12.7. The molecule has 1 aliphatic heterocycles. The van der Waals surface area contributed by atoms with Crippen molar-refractivity contribution in [1.82, 2.24) is 4.90 Å². The summed E-state index contributed by atoms with van der Waals surface area (Å²) in [7, 11) is 1.45. The van der Waals surface area contributed by atoms with E-state index in [1.54, 1.807) is 12.1 Å². The third-order valence-corrected chi connectivity index (χ3v) is 3.77. The molecule has 0 amide bonds. The van der Waals surface area contributed by atoms with Crippen LogP contribution in [0.3, 0.4) is 0 Å². The molecule has 116 valence electrons. The van der Waals surface area contributed by atoms with Gasteiger partial charge in [0.25, 0.3) is 0 Å². The van der Waals surface area contributed by atoms with Crippen molar-refractivity contribution < 1.29 is 9.66 Å².